The summed E-state index contributed by atoms with van der Waals surface area (Å²) >= 11 is 0. The number of ether oxygens (including phenoxy) is 4. The van der Waals surface area contributed by atoms with Gasteiger partial charge in [-0.1, -0.05) is 80.1 Å². The number of hydrogen-bond donors (Lipinski definition) is 2. The molecule has 1 saturated carbocycles. The third kappa shape index (κ3) is 9.16. The lowest BCUT2D eigenvalue weighted by atomic mass is 9.55. The molecule has 0 radical (unpaired) electrons. The largest absolute Gasteiger partial charge is 0.490 e. The summed E-state index contributed by atoms with van der Waals surface area (Å²) in [6, 6.07) is 15.2. The van der Waals surface area contributed by atoms with E-state index in [0.717, 1.165) is 48.1 Å². The van der Waals surface area contributed by atoms with Crippen LogP contribution < -0.4 is 9.47 Å². The number of carbonyl (C=O) groups is 1. The van der Waals surface area contributed by atoms with Crippen LogP contribution in [0.5, 0.6) is 11.5 Å². The number of fused-ring (bicyclic) bond motifs is 2. The van der Waals surface area contributed by atoms with Crippen molar-refractivity contribution in [2.75, 3.05) is 39.6 Å². The molecule has 1 fully saturated rings. The van der Waals surface area contributed by atoms with Gasteiger partial charge in [0.05, 0.1) is 24.8 Å². The molecule has 6 atom stereocenters. The molecular weight excluding hydrogens is 672 g/mol. The van der Waals surface area contributed by atoms with E-state index in [9.17, 15) is 15.0 Å². The Morgan fingerprint density at radius 2 is 1.77 bits per heavy atom. The molecule has 3 aliphatic rings. The molecule has 6 unspecified atom stereocenters. The van der Waals surface area contributed by atoms with Crippen molar-refractivity contribution in [2.45, 2.75) is 89.6 Å². The number of carbonyl (C=O) groups excluding carboxylic acids is 1. The van der Waals surface area contributed by atoms with Gasteiger partial charge in [0, 0.05) is 37.7 Å². The molecule has 1 heterocycles. The van der Waals surface area contributed by atoms with Crippen molar-refractivity contribution in [2.24, 2.45) is 22.9 Å². The molecule has 0 spiro atoms. The van der Waals surface area contributed by atoms with E-state index in [1.165, 1.54) is 0 Å². The highest BCUT2D eigenvalue weighted by Crippen LogP contribution is 2.62. The molecule has 0 saturated heterocycles. The van der Waals surface area contributed by atoms with E-state index in [2.05, 4.69) is 25.3 Å². The van der Waals surface area contributed by atoms with Crippen molar-refractivity contribution in [3.63, 3.8) is 0 Å². The Hall–Kier alpha value is -4.12. The van der Waals surface area contributed by atoms with Crippen LogP contribution in [-0.2, 0) is 20.9 Å². The number of aliphatic hydroxyl groups is 2. The molecular formula is C43H58N2O8. The lowest BCUT2D eigenvalue weighted by molar-refractivity contribution is -0.255. The summed E-state index contributed by atoms with van der Waals surface area (Å²) in [5.41, 5.74) is 3.73. The zero-order valence-corrected chi connectivity index (χ0v) is 31.5. The molecule has 53 heavy (non-hydrogen) atoms. The topological polar surface area (TPSA) is 119 Å². The third-order valence-corrected chi connectivity index (χ3v) is 10.6. The monoisotopic (exact) mass is 730 g/mol. The molecule has 2 N–H and O–H groups in total. The van der Waals surface area contributed by atoms with Gasteiger partial charge in [0.15, 0.2) is 0 Å². The van der Waals surface area contributed by atoms with E-state index in [1.807, 2.05) is 56.3 Å². The molecule has 0 aromatic heterocycles. The number of benzene rings is 2. The second-order valence-electron chi connectivity index (χ2n) is 14.0. The van der Waals surface area contributed by atoms with Crippen molar-refractivity contribution in [3.05, 3.63) is 96.6 Å². The van der Waals surface area contributed by atoms with E-state index < -0.39 is 23.8 Å². The maximum Gasteiger partial charge on any atom is 0.410 e. The van der Waals surface area contributed by atoms with Gasteiger partial charge in [-0.05, 0) is 80.2 Å². The molecule has 2 aromatic rings. The highest BCUT2D eigenvalue weighted by Gasteiger charge is 2.65. The van der Waals surface area contributed by atoms with Crippen LogP contribution >= 0.6 is 0 Å². The molecule has 0 bridgehead atoms. The van der Waals surface area contributed by atoms with Crippen LogP contribution in [0.3, 0.4) is 0 Å². The number of nitrogens with zero attached hydrogens (tertiary/aromatic N) is 2. The Kier molecular flexibility index (Phi) is 15.0. The first-order chi connectivity index (χ1) is 26.0. The Morgan fingerprint density at radius 1 is 1.02 bits per heavy atom. The summed E-state index contributed by atoms with van der Waals surface area (Å²) in [4.78, 5) is 21.8. The molecule has 5 rings (SSSR count). The molecule has 10 nitrogen and oxygen atoms in total. The first kappa shape index (κ1) is 40.1. The van der Waals surface area contributed by atoms with Gasteiger partial charge in [-0.25, -0.2) is 4.79 Å². The minimum Gasteiger partial charge on any atom is -0.490 e. The Morgan fingerprint density at radius 3 is 2.47 bits per heavy atom. The fraction of sp³-hybridized carbons (Fsp3) is 0.535. The van der Waals surface area contributed by atoms with Crippen molar-refractivity contribution in [3.8, 4) is 11.5 Å². The average Bonchev–Trinajstić information content (AvgIpc) is 3.17. The summed E-state index contributed by atoms with van der Waals surface area (Å²) in [6.07, 6.45) is 11.2. The predicted molar refractivity (Wildman–Crippen MR) is 206 cm³/mol. The fourth-order valence-corrected chi connectivity index (χ4v) is 8.47. The molecule has 2 aliphatic carbocycles. The second kappa shape index (κ2) is 19.8. The van der Waals surface area contributed by atoms with Gasteiger partial charge in [0.25, 0.3) is 0 Å². The van der Waals surface area contributed by atoms with Crippen LogP contribution in [0.1, 0.15) is 82.3 Å². The number of unbranched alkanes of at least 4 members (excludes halogenated alkanes) is 2. The van der Waals surface area contributed by atoms with Gasteiger partial charge in [-0.3, -0.25) is 4.90 Å². The van der Waals surface area contributed by atoms with E-state index >= 15 is 0 Å². The number of aliphatic hydroxyl groups excluding tert-OH is 2. The quantitative estimate of drug-likeness (QED) is 0.0755. The number of allylic oxidation sites excluding steroid dienone is 1. The van der Waals surface area contributed by atoms with E-state index in [4.69, 9.17) is 28.9 Å². The van der Waals surface area contributed by atoms with Crippen LogP contribution in [0.2, 0.25) is 0 Å². The zero-order chi connectivity index (χ0) is 37.6. The summed E-state index contributed by atoms with van der Waals surface area (Å²) in [5.74, 6) is -0.233. The normalized spacial score (nSPS) is 24.9. The standard InChI is InChI=1S/C43H58N2O8/c1-5-22-45(42(48)49-8-4)39-29-37(44-52-30-31-16-10-9-11-17-31)35-27-32(18-12-14-23-46)34(19-13-15-24-47)40-36-28-33(50-25-6-2)20-21-38(36)53-43(39,41(35)40)51-26-7-3/h6-7,9-11,16-17,20-21,27-28,32,34,39-41,46-47H,2-3,5,8,12-15,18-19,22-26,29-30H2,1,4H3. The Labute approximate surface area is 315 Å². The molecule has 1 aliphatic heterocycles. The third-order valence-electron chi connectivity index (χ3n) is 10.6. The van der Waals surface area contributed by atoms with Crippen molar-refractivity contribution >= 4 is 11.8 Å². The summed E-state index contributed by atoms with van der Waals surface area (Å²) in [7, 11) is 0. The maximum atomic E-state index is 13.9. The molecule has 2 aromatic carbocycles. The smallest absolute Gasteiger partial charge is 0.410 e. The van der Waals surface area contributed by atoms with E-state index in [1.54, 1.807) is 17.1 Å². The zero-order valence-electron chi connectivity index (χ0n) is 31.5. The summed E-state index contributed by atoms with van der Waals surface area (Å²) in [5, 5.41) is 24.5. The maximum absolute atomic E-state index is 13.9. The van der Waals surface area contributed by atoms with Gasteiger partial charge in [0.2, 0.25) is 5.79 Å². The van der Waals surface area contributed by atoms with Crippen molar-refractivity contribution in [1.29, 1.82) is 0 Å². The second-order valence-corrected chi connectivity index (χ2v) is 14.0. The van der Waals surface area contributed by atoms with E-state index in [-0.39, 0.29) is 50.8 Å². The average molecular weight is 731 g/mol. The van der Waals surface area contributed by atoms with Crippen molar-refractivity contribution < 1.29 is 38.8 Å². The van der Waals surface area contributed by atoms with Crippen LogP contribution in [0.4, 0.5) is 4.79 Å². The Balaban J connectivity index is 1.76. The predicted octanol–water partition coefficient (Wildman–Crippen LogP) is 7.95. The van der Waals surface area contributed by atoms with Crippen molar-refractivity contribution in [1.82, 2.24) is 4.90 Å². The highest BCUT2D eigenvalue weighted by molar-refractivity contribution is 6.03. The van der Waals surface area contributed by atoms with Gasteiger partial charge in [-0.2, -0.15) is 0 Å². The van der Waals surface area contributed by atoms with Crippen LogP contribution in [0, 0.1) is 17.8 Å². The number of hydrogen-bond acceptors (Lipinski definition) is 9. The summed E-state index contributed by atoms with van der Waals surface area (Å²) < 4.78 is 26.0. The minimum absolute atomic E-state index is 0.116. The SMILES string of the molecule is C=CCOc1ccc2c(c1)C1C(CCCCO)C(CCCCO)C=C3C(=NOCc4ccccc4)CC(N(CCC)C(=O)OCC)C(OCC=C)(O2)C31. The van der Waals surface area contributed by atoms with Gasteiger partial charge in [-0.15, -0.1) is 6.58 Å². The highest BCUT2D eigenvalue weighted by atomic mass is 16.7. The molecule has 1 amide bonds. The van der Waals surface area contributed by atoms with Crippen LogP contribution in [-0.4, -0.2) is 78.3 Å². The molecule has 10 heteroatoms. The fourth-order valence-electron chi connectivity index (χ4n) is 8.47. The number of rotatable bonds is 21. The van der Waals surface area contributed by atoms with Crippen LogP contribution in [0.25, 0.3) is 0 Å². The van der Waals surface area contributed by atoms with Gasteiger partial charge < -0.3 is 34.0 Å². The first-order valence-corrected chi connectivity index (χ1v) is 19.4. The lowest BCUT2D eigenvalue weighted by Crippen LogP contribution is -2.70. The van der Waals surface area contributed by atoms with Gasteiger partial charge >= 0.3 is 6.09 Å². The first-order valence-electron chi connectivity index (χ1n) is 19.4. The Bertz CT molecular complexity index is 1560. The van der Waals surface area contributed by atoms with Gasteiger partial charge in [0.1, 0.15) is 30.8 Å². The number of oxime groups is 1. The minimum atomic E-state index is -1.33. The number of amides is 1. The molecule has 288 valence electrons. The van der Waals surface area contributed by atoms with Crippen LogP contribution in [0.15, 0.2) is 90.6 Å². The lowest BCUT2D eigenvalue weighted by Gasteiger charge is -2.59. The van der Waals surface area contributed by atoms with E-state index in [0.29, 0.717) is 50.3 Å². The summed E-state index contributed by atoms with van der Waals surface area (Å²) in [6.45, 7) is 13.4.